The molecule has 0 radical (unpaired) electrons. The summed E-state index contributed by atoms with van der Waals surface area (Å²) < 4.78 is 0. The molecule has 0 saturated heterocycles. The largest absolute Gasteiger partial charge is 0.379 e. The van der Waals surface area contributed by atoms with Crippen molar-refractivity contribution in [2.45, 2.75) is 6.92 Å². The van der Waals surface area contributed by atoms with Crippen molar-refractivity contribution < 1.29 is 4.92 Å². The Balaban J connectivity index is 2.67. The van der Waals surface area contributed by atoms with E-state index in [0.29, 0.717) is 17.3 Å². The molecule has 0 heterocycles. The summed E-state index contributed by atoms with van der Waals surface area (Å²) >= 11 is 7.49. The topological polar surface area (TPSA) is 55.2 Å². The SMILES string of the molecule is CCSCCNc1ccc(Cl)cc1[N+](=O)[O-]. The minimum atomic E-state index is -0.429. The number of nitrogens with one attached hydrogen (secondary N) is 1. The van der Waals surface area contributed by atoms with Crippen molar-refractivity contribution in [3.63, 3.8) is 0 Å². The minimum Gasteiger partial charge on any atom is -0.379 e. The van der Waals surface area contributed by atoms with Gasteiger partial charge in [0.1, 0.15) is 5.69 Å². The van der Waals surface area contributed by atoms with Crippen LogP contribution >= 0.6 is 23.4 Å². The summed E-state index contributed by atoms with van der Waals surface area (Å²) in [6, 6.07) is 4.64. The molecule has 0 fully saturated rings. The van der Waals surface area contributed by atoms with Gasteiger partial charge in [-0.05, 0) is 17.9 Å². The fraction of sp³-hybridized carbons (Fsp3) is 0.400. The number of hydrogen-bond donors (Lipinski definition) is 1. The smallest absolute Gasteiger partial charge is 0.293 e. The second-order valence-corrected chi connectivity index (χ2v) is 4.87. The van der Waals surface area contributed by atoms with Crippen molar-refractivity contribution >= 4 is 34.7 Å². The van der Waals surface area contributed by atoms with Gasteiger partial charge in [0.15, 0.2) is 0 Å². The van der Waals surface area contributed by atoms with Crippen molar-refractivity contribution in [2.75, 3.05) is 23.4 Å². The maximum Gasteiger partial charge on any atom is 0.293 e. The van der Waals surface area contributed by atoms with Gasteiger partial charge in [0, 0.05) is 23.4 Å². The van der Waals surface area contributed by atoms with Gasteiger partial charge in [-0.25, -0.2) is 0 Å². The normalized spacial score (nSPS) is 10.1. The van der Waals surface area contributed by atoms with Crippen LogP contribution in [0.4, 0.5) is 11.4 Å². The summed E-state index contributed by atoms with van der Waals surface area (Å²) in [5.41, 5.74) is 0.542. The average molecular weight is 261 g/mol. The fourth-order valence-corrected chi connectivity index (χ4v) is 1.91. The van der Waals surface area contributed by atoms with Crippen LogP contribution in [-0.4, -0.2) is 23.0 Å². The molecule has 0 bridgehead atoms. The van der Waals surface area contributed by atoms with Crippen LogP contribution in [0.3, 0.4) is 0 Å². The minimum absolute atomic E-state index is 0.0222. The van der Waals surface area contributed by atoms with Gasteiger partial charge in [-0.1, -0.05) is 18.5 Å². The number of halogens is 1. The maximum absolute atomic E-state index is 10.8. The second kappa shape index (κ2) is 6.60. The van der Waals surface area contributed by atoms with E-state index in [1.807, 2.05) is 0 Å². The quantitative estimate of drug-likeness (QED) is 0.484. The molecule has 4 nitrogen and oxygen atoms in total. The predicted octanol–water partition coefficient (Wildman–Crippen LogP) is 3.41. The van der Waals surface area contributed by atoms with Crippen molar-refractivity contribution in [3.05, 3.63) is 33.3 Å². The van der Waals surface area contributed by atoms with Crippen molar-refractivity contribution in [1.82, 2.24) is 0 Å². The molecule has 88 valence electrons. The molecule has 1 aromatic rings. The molecule has 1 aromatic carbocycles. The highest BCUT2D eigenvalue weighted by molar-refractivity contribution is 7.99. The molecule has 1 N–H and O–H groups in total. The van der Waals surface area contributed by atoms with Gasteiger partial charge in [0.05, 0.1) is 4.92 Å². The number of nitro benzene ring substituents is 1. The molecule has 0 aromatic heterocycles. The zero-order chi connectivity index (χ0) is 12.0. The molecular formula is C10H13ClN2O2S. The summed E-state index contributed by atoms with van der Waals surface area (Å²) in [6.45, 7) is 2.79. The van der Waals surface area contributed by atoms with E-state index in [1.54, 1.807) is 23.9 Å². The molecule has 1 rings (SSSR count). The Kier molecular flexibility index (Phi) is 5.42. The molecule has 0 atom stereocenters. The Labute approximate surface area is 104 Å². The lowest BCUT2D eigenvalue weighted by Crippen LogP contribution is -2.06. The Hall–Kier alpha value is -0.940. The average Bonchev–Trinajstić information content (AvgIpc) is 2.26. The lowest BCUT2D eigenvalue weighted by molar-refractivity contribution is -0.383. The summed E-state index contributed by atoms with van der Waals surface area (Å²) in [5.74, 6) is 1.97. The van der Waals surface area contributed by atoms with Crippen molar-refractivity contribution in [3.8, 4) is 0 Å². The summed E-state index contributed by atoms with van der Waals surface area (Å²) in [4.78, 5) is 10.3. The Morgan fingerprint density at radius 1 is 1.56 bits per heavy atom. The number of hydrogen-bond acceptors (Lipinski definition) is 4. The van der Waals surface area contributed by atoms with E-state index in [2.05, 4.69) is 12.2 Å². The third-order valence-electron chi connectivity index (χ3n) is 1.92. The standard InChI is InChI=1S/C10H13ClN2O2S/c1-2-16-6-5-12-9-4-3-8(11)7-10(9)13(14)15/h3-4,7,12H,2,5-6H2,1H3. The van der Waals surface area contributed by atoms with Gasteiger partial charge in [-0.2, -0.15) is 11.8 Å². The molecule has 16 heavy (non-hydrogen) atoms. The van der Waals surface area contributed by atoms with E-state index in [9.17, 15) is 10.1 Å². The van der Waals surface area contributed by atoms with Crippen LogP contribution in [0.15, 0.2) is 18.2 Å². The van der Waals surface area contributed by atoms with Gasteiger partial charge < -0.3 is 5.32 Å². The van der Waals surface area contributed by atoms with Crippen LogP contribution in [0.5, 0.6) is 0 Å². The number of nitrogens with zero attached hydrogens (tertiary/aromatic N) is 1. The highest BCUT2D eigenvalue weighted by atomic mass is 35.5. The van der Waals surface area contributed by atoms with Crippen LogP contribution in [0.25, 0.3) is 0 Å². The van der Waals surface area contributed by atoms with E-state index >= 15 is 0 Å². The first-order valence-corrected chi connectivity index (χ1v) is 6.44. The zero-order valence-corrected chi connectivity index (χ0v) is 10.5. The van der Waals surface area contributed by atoms with Crippen molar-refractivity contribution in [2.24, 2.45) is 0 Å². The molecule has 0 spiro atoms. The number of thioether (sulfide) groups is 1. The molecule has 0 amide bonds. The summed E-state index contributed by atoms with van der Waals surface area (Å²) in [7, 11) is 0. The van der Waals surface area contributed by atoms with Gasteiger partial charge >= 0.3 is 0 Å². The van der Waals surface area contributed by atoms with E-state index in [4.69, 9.17) is 11.6 Å². The van der Waals surface area contributed by atoms with E-state index in [0.717, 1.165) is 11.5 Å². The Morgan fingerprint density at radius 3 is 2.94 bits per heavy atom. The Bertz CT molecular complexity index is 374. The predicted molar refractivity (Wildman–Crippen MR) is 69.6 cm³/mol. The number of nitro groups is 1. The zero-order valence-electron chi connectivity index (χ0n) is 8.90. The monoisotopic (exact) mass is 260 g/mol. The highest BCUT2D eigenvalue weighted by Crippen LogP contribution is 2.27. The third kappa shape index (κ3) is 3.90. The third-order valence-corrected chi connectivity index (χ3v) is 3.06. The number of anilines is 1. The molecule has 0 saturated carbocycles. The molecule has 0 aliphatic rings. The van der Waals surface area contributed by atoms with E-state index < -0.39 is 4.92 Å². The van der Waals surface area contributed by atoms with E-state index in [-0.39, 0.29) is 5.69 Å². The van der Waals surface area contributed by atoms with Crippen molar-refractivity contribution in [1.29, 1.82) is 0 Å². The number of rotatable bonds is 6. The molecule has 6 heteroatoms. The fourth-order valence-electron chi connectivity index (χ4n) is 1.21. The summed E-state index contributed by atoms with van der Waals surface area (Å²) in [6.07, 6.45) is 0. The van der Waals surface area contributed by atoms with Crippen LogP contribution in [0, 0.1) is 10.1 Å². The van der Waals surface area contributed by atoms with E-state index in [1.165, 1.54) is 6.07 Å². The van der Waals surface area contributed by atoms with Gasteiger partial charge in [-0.3, -0.25) is 10.1 Å². The highest BCUT2D eigenvalue weighted by Gasteiger charge is 2.13. The first-order valence-electron chi connectivity index (χ1n) is 4.90. The van der Waals surface area contributed by atoms with Gasteiger partial charge in [0.25, 0.3) is 5.69 Å². The molecule has 0 aliphatic heterocycles. The molecule has 0 aliphatic carbocycles. The molecule has 0 unspecified atom stereocenters. The van der Waals surface area contributed by atoms with Crippen LogP contribution in [-0.2, 0) is 0 Å². The Morgan fingerprint density at radius 2 is 2.31 bits per heavy atom. The van der Waals surface area contributed by atoms with Crippen LogP contribution in [0.1, 0.15) is 6.92 Å². The second-order valence-electron chi connectivity index (χ2n) is 3.04. The first-order chi connectivity index (χ1) is 7.65. The van der Waals surface area contributed by atoms with Gasteiger partial charge in [-0.15, -0.1) is 0 Å². The van der Waals surface area contributed by atoms with Crippen LogP contribution in [0.2, 0.25) is 5.02 Å². The maximum atomic E-state index is 10.8. The lowest BCUT2D eigenvalue weighted by Gasteiger charge is -2.06. The lowest BCUT2D eigenvalue weighted by atomic mass is 10.2. The van der Waals surface area contributed by atoms with Crippen LogP contribution < -0.4 is 5.32 Å². The summed E-state index contributed by atoms with van der Waals surface area (Å²) in [5, 5.41) is 14.2. The first kappa shape index (κ1) is 13.1. The number of benzene rings is 1. The molecular weight excluding hydrogens is 248 g/mol. The van der Waals surface area contributed by atoms with Gasteiger partial charge in [0.2, 0.25) is 0 Å².